The van der Waals surface area contributed by atoms with Crippen LogP contribution in [0.4, 0.5) is 5.69 Å². The molecule has 6 rings (SSSR count). The number of phenolic OH excluding ortho intramolecular Hbond substituents is 1. The Morgan fingerprint density at radius 1 is 0.773 bits per heavy atom. The van der Waals surface area contributed by atoms with Gasteiger partial charge < -0.3 is 15.7 Å². The minimum atomic E-state index is -0.676. The monoisotopic (exact) mass is 599 g/mol. The first-order valence-corrected chi connectivity index (χ1v) is 16.6. The van der Waals surface area contributed by atoms with Crippen molar-refractivity contribution in [3.63, 3.8) is 0 Å². The second-order valence-electron chi connectivity index (χ2n) is 15.1. The maximum Gasteiger partial charge on any atom is 0.238 e. The number of hydrogen-bond acceptors (Lipinski definition) is 5. The highest BCUT2D eigenvalue weighted by Crippen LogP contribution is 2.59. The Labute approximate surface area is 262 Å². The topological polar surface area (TPSA) is 108 Å². The number of likely N-dealkylation sites (N-methyl/N-ethyl adjacent to an activating group) is 1. The molecule has 2 fully saturated rings. The van der Waals surface area contributed by atoms with E-state index in [1.54, 1.807) is 13.1 Å². The number of aromatic hydroxyl groups is 1. The van der Waals surface area contributed by atoms with Gasteiger partial charge in [0.25, 0.3) is 0 Å². The zero-order chi connectivity index (χ0) is 31.5. The number of aryl methyl sites for hydroxylation is 2. The zero-order valence-electron chi connectivity index (χ0n) is 27.1. The molecule has 236 valence electrons. The quantitative estimate of drug-likeness (QED) is 0.320. The van der Waals surface area contributed by atoms with E-state index in [4.69, 9.17) is 0 Å². The van der Waals surface area contributed by atoms with Gasteiger partial charge in [0.2, 0.25) is 17.7 Å². The van der Waals surface area contributed by atoms with E-state index >= 15 is 0 Å². The zero-order valence-corrected chi connectivity index (χ0v) is 27.1. The summed E-state index contributed by atoms with van der Waals surface area (Å²) in [5.41, 5.74) is 3.93. The maximum absolute atomic E-state index is 14.4. The molecular formula is C37H49N3O4. The molecule has 0 radical (unpaired) electrons. The Morgan fingerprint density at radius 2 is 1.30 bits per heavy atom. The SMILES string of the molecule is CNCC(=O)Nc1ccc2c(c1)[C@@]1(C)CCC[C@](C)(C(=O)NC(=O)[C@@]3(C)CCC[C@]4(C)c5cc(O)ccc5CC[C@@H]34)[C@@H]1CC2. The van der Waals surface area contributed by atoms with E-state index in [2.05, 4.69) is 55.8 Å². The van der Waals surface area contributed by atoms with E-state index in [-0.39, 0.29) is 52.7 Å². The molecule has 0 spiro atoms. The first kappa shape index (κ1) is 30.8. The normalized spacial score (nSPS) is 34.0. The fourth-order valence-electron chi connectivity index (χ4n) is 10.3. The Kier molecular flexibility index (Phi) is 7.71. The van der Waals surface area contributed by atoms with Crippen LogP contribution in [0, 0.1) is 22.7 Å². The molecule has 0 aliphatic heterocycles. The van der Waals surface area contributed by atoms with Crippen LogP contribution in [0.15, 0.2) is 36.4 Å². The number of fused-ring (bicyclic) bond motifs is 6. The van der Waals surface area contributed by atoms with Gasteiger partial charge >= 0.3 is 0 Å². The second kappa shape index (κ2) is 11.0. The van der Waals surface area contributed by atoms with Crippen LogP contribution in [0.3, 0.4) is 0 Å². The van der Waals surface area contributed by atoms with Crippen molar-refractivity contribution in [1.29, 1.82) is 0 Å². The third kappa shape index (κ3) is 4.77. The first-order chi connectivity index (χ1) is 20.8. The average molecular weight is 600 g/mol. The van der Waals surface area contributed by atoms with Gasteiger partial charge in [0.1, 0.15) is 5.75 Å². The number of benzene rings is 2. The highest BCUT2D eigenvalue weighted by atomic mass is 16.3. The lowest BCUT2D eigenvalue weighted by Crippen LogP contribution is -2.60. The van der Waals surface area contributed by atoms with Gasteiger partial charge in [-0.3, -0.25) is 19.7 Å². The minimum Gasteiger partial charge on any atom is -0.508 e. The highest BCUT2D eigenvalue weighted by Gasteiger charge is 2.58. The molecule has 4 aliphatic carbocycles. The molecule has 2 aromatic rings. The largest absolute Gasteiger partial charge is 0.508 e. The van der Waals surface area contributed by atoms with Gasteiger partial charge in [-0.1, -0.05) is 52.7 Å². The van der Waals surface area contributed by atoms with E-state index in [1.165, 1.54) is 16.7 Å². The number of imide groups is 1. The second-order valence-corrected chi connectivity index (χ2v) is 15.1. The van der Waals surface area contributed by atoms with Crippen molar-refractivity contribution in [1.82, 2.24) is 10.6 Å². The van der Waals surface area contributed by atoms with Crippen LogP contribution >= 0.6 is 0 Å². The van der Waals surface area contributed by atoms with Crippen LogP contribution in [0.5, 0.6) is 5.75 Å². The molecule has 0 aromatic heterocycles. The van der Waals surface area contributed by atoms with Crippen molar-refractivity contribution in [2.24, 2.45) is 22.7 Å². The van der Waals surface area contributed by atoms with Crippen molar-refractivity contribution in [3.05, 3.63) is 58.7 Å². The summed E-state index contributed by atoms with van der Waals surface area (Å²) in [6.45, 7) is 8.93. The molecule has 7 nitrogen and oxygen atoms in total. The summed E-state index contributed by atoms with van der Waals surface area (Å²) in [4.78, 5) is 41.0. The molecular weight excluding hydrogens is 550 g/mol. The summed E-state index contributed by atoms with van der Waals surface area (Å²) in [6.07, 6.45) is 8.81. The molecule has 44 heavy (non-hydrogen) atoms. The molecule has 0 saturated heterocycles. The third-order valence-corrected chi connectivity index (χ3v) is 12.6. The lowest BCUT2D eigenvalue weighted by Gasteiger charge is -2.56. The molecule has 2 saturated carbocycles. The van der Waals surface area contributed by atoms with Crippen LogP contribution in [-0.2, 0) is 38.1 Å². The van der Waals surface area contributed by atoms with Crippen LogP contribution in [-0.4, -0.2) is 36.4 Å². The summed E-state index contributed by atoms with van der Waals surface area (Å²) < 4.78 is 0. The Hall–Kier alpha value is -3.19. The van der Waals surface area contributed by atoms with Crippen molar-refractivity contribution < 1.29 is 19.5 Å². The predicted molar refractivity (Wildman–Crippen MR) is 172 cm³/mol. The van der Waals surface area contributed by atoms with Crippen LogP contribution in [0.1, 0.15) is 101 Å². The standard InChI is InChI=1S/C37H49N3O4/c1-34-16-6-18-36(3,29(34)14-10-23-8-12-25(20-27(23)34)39-31(42)22-38-5)32(43)40-33(44)37(4)19-7-17-35(2)28-21-26(41)13-9-24(28)11-15-30(35)37/h8-9,12-13,20-21,29-30,38,41H,6-7,10-11,14-19,22H2,1-5H3,(H,39,42)(H,40,43,44)/t29-,30-,34-,35-,36+,37+/m1/s1. The molecule has 2 aromatic carbocycles. The van der Waals surface area contributed by atoms with Crippen LogP contribution in [0.25, 0.3) is 0 Å². The lowest BCUT2D eigenvalue weighted by atomic mass is 9.49. The number of phenols is 1. The van der Waals surface area contributed by atoms with E-state index in [0.717, 1.165) is 75.5 Å². The number of amides is 3. The summed E-state index contributed by atoms with van der Waals surface area (Å²) >= 11 is 0. The fraction of sp³-hybridized carbons (Fsp3) is 0.595. The number of nitrogens with one attached hydrogen (secondary N) is 3. The van der Waals surface area contributed by atoms with Crippen molar-refractivity contribution in [2.45, 2.75) is 103 Å². The van der Waals surface area contributed by atoms with Gasteiger partial charge in [0.05, 0.1) is 17.4 Å². The predicted octanol–water partition coefficient (Wildman–Crippen LogP) is 5.91. The van der Waals surface area contributed by atoms with E-state index in [0.29, 0.717) is 0 Å². The smallest absolute Gasteiger partial charge is 0.238 e. The number of hydrogen-bond donors (Lipinski definition) is 4. The van der Waals surface area contributed by atoms with Gasteiger partial charge in [-0.05, 0) is 128 Å². The van der Waals surface area contributed by atoms with Crippen molar-refractivity contribution >= 4 is 23.4 Å². The van der Waals surface area contributed by atoms with Gasteiger partial charge in [0, 0.05) is 5.69 Å². The molecule has 3 amide bonds. The fourth-order valence-corrected chi connectivity index (χ4v) is 10.3. The van der Waals surface area contributed by atoms with E-state index < -0.39 is 10.8 Å². The number of carbonyl (C=O) groups excluding carboxylic acids is 3. The summed E-state index contributed by atoms with van der Waals surface area (Å²) in [7, 11) is 1.75. The average Bonchev–Trinajstić information content (AvgIpc) is 2.97. The number of rotatable bonds is 5. The van der Waals surface area contributed by atoms with Crippen molar-refractivity contribution in [2.75, 3.05) is 18.9 Å². The molecule has 4 aliphatic rings. The Bertz CT molecular complexity index is 1500. The summed E-state index contributed by atoms with van der Waals surface area (Å²) in [6, 6.07) is 11.9. The van der Waals surface area contributed by atoms with Crippen LogP contribution in [0.2, 0.25) is 0 Å². The minimum absolute atomic E-state index is 0.0816. The van der Waals surface area contributed by atoms with Crippen molar-refractivity contribution in [3.8, 4) is 5.75 Å². The van der Waals surface area contributed by atoms with E-state index in [1.807, 2.05) is 18.2 Å². The molecule has 0 bridgehead atoms. The Morgan fingerprint density at radius 3 is 1.84 bits per heavy atom. The number of carbonyl (C=O) groups is 3. The van der Waals surface area contributed by atoms with Gasteiger partial charge in [-0.25, -0.2) is 0 Å². The van der Waals surface area contributed by atoms with Gasteiger partial charge in [-0.15, -0.1) is 0 Å². The summed E-state index contributed by atoms with van der Waals surface area (Å²) in [5.74, 6) is 0.0906. The number of anilines is 1. The molecule has 6 atom stereocenters. The third-order valence-electron chi connectivity index (χ3n) is 12.6. The van der Waals surface area contributed by atoms with Crippen LogP contribution < -0.4 is 16.0 Å². The maximum atomic E-state index is 14.4. The lowest BCUT2D eigenvalue weighted by molar-refractivity contribution is -0.150. The molecule has 0 heterocycles. The molecule has 7 heteroatoms. The van der Waals surface area contributed by atoms with Gasteiger partial charge in [-0.2, -0.15) is 0 Å². The van der Waals surface area contributed by atoms with Gasteiger partial charge in [0.15, 0.2) is 0 Å². The molecule has 0 unspecified atom stereocenters. The summed E-state index contributed by atoms with van der Waals surface area (Å²) in [5, 5.41) is 19.3. The molecule has 4 N–H and O–H groups in total. The first-order valence-electron chi connectivity index (χ1n) is 16.6. The van der Waals surface area contributed by atoms with E-state index in [9.17, 15) is 19.5 Å². The Balaban J connectivity index is 1.25. The highest BCUT2D eigenvalue weighted by molar-refractivity contribution is 6.01.